The first kappa shape index (κ1) is 18.6. The summed E-state index contributed by atoms with van der Waals surface area (Å²) in [5.74, 6) is 1.44. The number of ether oxygens (including phenoxy) is 2. The van der Waals surface area contributed by atoms with Crippen LogP contribution in [0.25, 0.3) is 10.9 Å². The smallest absolute Gasteiger partial charge is 0.233 e. The van der Waals surface area contributed by atoms with E-state index in [2.05, 4.69) is 31.3 Å². The molecule has 0 radical (unpaired) electrons. The number of para-hydroxylation sites is 1. The Morgan fingerprint density at radius 3 is 2.82 bits per heavy atom. The Bertz CT molecular complexity index is 1050. The van der Waals surface area contributed by atoms with E-state index >= 15 is 0 Å². The van der Waals surface area contributed by atoms with Crippen LogP contribution in [0.1, 0.15) is 23.6 Å². The van der Waals surface area contributed by atoms with Gasteiger partial charge in [0.25, 0.3) is 0 Å². The molecule has 4 rings (SSSR count). The number of thioether (sulfide) groups is 1. The van der Waals surface area contributed by atoms with E-state index in [0.29, 0.717) is 6.54 Å². The van der Waals surface area contributed by atoms with Crippen LogP contribution in [0.5, 0.6) is 11.5 Å². The first-order chi connectivity index (χ1) is 13.5. The Morgan fingerprint density at radius 1 is 1.14 bits per heavy atom. The lowest BCUT2D eigenvalue weighted by Crippen LogP contribution is -2.30. The summed E-state index contributed by atoms with van der Waals surface area (Å²) < 4.78 is 10.7. The number of nitrogens with zero attached hydrogens (tertiary/aromatic N) is 1. The molecular formula is C22H22N2O3S. The Balaban J connectivity index is 1.42. The molecule has 0 fully saturated rings. The summed E-state index contributed by atoms with van der Waals surface area (Å²) in [5, 5.41) is 4.76. The number of benzene rings is 2. The van der Waals surface area contributed by atoms with Crippen molar-refractivity contribution in [3.63, 3.8) is 0 Å². The Kier molecular flexibility index (Phi) is 5.13. The second-order valence-electron chi connectivity index (χ2n) is 6.91. The molecule has 2 heterocycles. The molecule has 0 bridgehead atoms. The number of fused-ring (bicyclic) bond motifs is 2. The zero-order chi connectivity index (χ0) is 19.7. The lowest BCUT2D eigenvalue weighted by atomic mass is 10.1. The second kappa shape index (κ2) is 7.72. The van der Waals surface area contributed by atoms with Crippen LogP contribution >= 0.6 is 11.8 Å². The van der Waals surface area contributed by atoms with Crippen molar-refractivity contribution in [1.82, 2.24) is 10.3 Å². The van der Waals surface area contributed by atoms with Gasteiger partial charge in [-0.3, -0.25) is 4.79 Å². The monoisotopic (exact) mass is 394 g/mol. The van der Waals surface area contributed by atoms with Gasteiger partial charge in [0.1, 0.15) is 0 Å². The number of hydrogen-bond acceptors (Lipinski definition) is 5. The van der Waals surface area contributed by atoms with Gasteiger partial charge in [0.2, 0.25) is 12.7 Å². The lowest BCUT2D eigenvalue weighted by Gasteiger charge is -2.13. The van der Waals surface area contributed by atoms with Crippen LogP contribution < -0.4 is 14.8 Å². The Hall–Kier alpha value is -2.73. The number of hydrogen-bond donors (Lipinski definition) is 1. The van der Waals surface area contributed by atoms with Crippen LogP contribution in [0.15, 0.2) is 47.5 Å². The number of nitrogens with one attached hydrogen (secondary N) is 1. The SMILES string of the molecule is Cc1cc(S[C@@H](C)C(=O)NCc2ccc3c(c2)OCO3)nc2c(C)cccc12. The van der Waals surface area contributed by atoms with Crippen molar-refractivity contribution in [2.45, 2.75) is 37.6 Å². The van der Waals surface area contributed by atoms with Gasteiger partial charge in [0, 0.05) is 11.9 Å². The topological polar surface area (TPSA) is 60.5 Å². The molecule has 6 heteroatoms. The summed E-state index contributed by atoms with van der Waals surface area (Å²) in [5.41, 5.74) is 4.29. The highest BCUT2D eigenvalue weighted by molar-refractivity contribution is 8.00. The van der Waals surface area contributed by atoms with Gasteiger partial charge >= 0.3 is 0 Å². The molecule has 1 amide bonds. The second-order valence-corrected chi connectivity index (χ2v) is 8.28. The number of amides is 1. The summed E-state index contributed by atoms with van der Waals surface area (Å²) >= 11 is 1.48. The lowest BCUT2D eigenvalue weighted by molar-refractivity contribution is -0.120. The van der Waals surface area contributed by atoms with Crippen molar-refractivity contribution >= 4 is 28.6 Å². The predicted molar refractivity (Wildman–Crippen MR) is 111 cm³/mol. The fourth-order valence-corrected chi connectivity index (χ4v) is 4.15. The minimum Gasteiger partial charge on any atom is -0.454 e. The molecule has 1 atom stereocenters. The fraction of sp³-hybridized carbons (Fsp3) is 0.273. The van der Waals surface area contributed by atoms with Gasteiger partial charge in [0.15, 0.2) is 11.5 Å². The number of carbonyl (C=O) groups excluding carboxylic acids is 1. The number of aryl methyl sites for hydroxylation is 2. The van der Waals surface area contributed by atoms with E-state index in [1.807, 2.05) is 37.3 Å². The minimum absolute atomic E-state index is 0.0213. The van der Waals surface area contributed by atoms with E-state index in [0.717, 1.165) is 38.6 Å². The molecule has 2 aromatic carbocycles. The van der Waals surface area contributed by atoms with E-state index in [1.165, 1.54) is 17.3 Å². The van der Waals surface area contributed by atoms with E-state index in [4.69, 9.17) is 14.5 Å². The highest BCUT2D eigenvalue weighted by Gasteiger charge is 2.17. The molecular weight excluding hydrogens is 372 g/mol. The summed E-state index contributed by atoms with van der Waals surface area (Å²) in [7, 11) is 0. The van der Waals surface area contributed by atoms with E-state index in [1.54, 1.807) is 0 Å². The van der Waals surface area contributed by atoms with Crippen molar-refractivity contribution in [3.05, 3.63) is 59.2 Å². The third-order valence-corrected chi connectivity index (χ3v) is 5.81. The molecule has 0 aliphatic carbocycles. The van der Waals surface area contributed by atoms with Gasteiger partial charge in [-0.2, -0.15) is 0 Å². The Morgan fingerprint density at radius 2 is 1.96 bits per heavy atom. The largest absolute Gasteiger partial charge is 0.454 e. The quantitative estimate of drug-likeness (QED) is 0.651. The maximum Gasteiger partial charge on any atom is 0.233 e. The van der Waals surface area contributed by atoms with Gasteiger partial charge in [0.05, 0.1) is 15.8 Å². The maximum absolute atomic E-state index is 12.6. The van der Waals surface area contributed by atoms with Crippen molar-refractivity contribution in [2.24, 2.45) is 0 Å². The molecule has 28 heavy (non-hydrogen) atoms. The molecule has 0 spiro atoms. The van der Waals surface area contributed by atoms with Crippen LogP contribution in [-0.4, -0.2) is 22.9 Å². The van der Waals surface area contributed by atoms with E-state index in [9.17, 15) is 4.79 Å². The number of pyridine rings is 1. The van der Waals surface area contributed by atoms with Crippen LogP contribution in [0.4, 0.5) is 0 Å². The molecule has 1 aromatic heterocycles. The summed E-state index contributed by atoms with van der Waals surface area (Å²) in [6.45, 7) is 6.74. The van der Waals surface area contributed by atoms with E-state index < -0.39 is 0 Å². The zero-order valence-electron chi connectivity index (χ0n) is 16.1. The molecule has 144 valence electrons. The minimum atomic E-state index is -0.248. The van der Waals surface area contributed by atoms with Crippen LogP contribution in [-0.2, 0) is 11.3 Å². The van der Waals surface area contributed by atoms with Crippen molar-refractivity contribution in [2.75, 3.05) is 6.79 Å². The zero-order valence-corrected chi connectivity index (χ0v) is 16.9. The highest BCUT2D eigenvalue weighted by Crippen LogP contribution is 2.32. The molecule has 3 aromatic rings. The molecule has 1 aliphatic rings. The van der Waals surface area contributed by atoms with Crippen LogP contribution in [0.2, 0.25) is 0 Å². The highest BCUT2D eigenvalue weighted by atomic mass is 32.2. The molecule has 0 unspecified atom stereocenters. The van der Waals surface area contributed by atoms with Crippen molar-refractivity contribution in [1.29, 1.82) is 0 Å². The van der Waals surface area contributed by atoms with Gasteiger partial charge in [-0.15, -0.1) is 0 Å². The third kappa shape index (κ3) is 3.78. The predicted octanol–water partition coefficient (Wildman–Crippen LogP) is 4.38. The average Bonchev–Trinajstić information content (AvgIpc) is 3.15. The first-order valence-electron chi connectivity index (χ1n) is 9.21. The first-order valence-corrected chi connectivity index (χ1v) is 10.1. The fourth-order valence-electron chi connectivity index (χ4n) is 3.21. The Labute approximate surface area is 168 Å². The summed E-state index contributed by atoms with van der Waals surface area (Å²) in [6, 6.07) is 13.9. The normalized spacial score (nSPS) is 13.5. The van der Waals surface area contributed by atoms with Gasteiger partial charge in [-0.05, 0) is 55.7 Å². The standard InChI is InChI=1S/C22H22N2O3S/c1-13-5-4-6-17-14(2)9-20(24-21(13)17)28-15(3)22(25)23-11-16-7-8-18-19(10-16)27-12-26-18/h4-10,15H,11-12H2,1-3H3,(H,23,25)/t15-/m0/s1. The molecule has 0 saturated carbocycles. The molecule has 0 saturated heterocycles. The van der Waals surface area contributed by atoms with Gasteiger partial charge in [-0.1, -0.05) is 36.0 Å². The van der Waals surface area contributed by atoms with Crippen molar-refractivity contribution in [3.8, 4) is 11.5 Å². The molecule has 1 N–H and O–H groups in total. The van der Waals surface area contributed by atoms with Gasteiger partial charge in [-0.25, -0.2) is 4.98 Å². The van der Waals surface area contributed by atoms with Crippen molar-refractivity contribution < 1.29 is 14.3 Å². The van der Waals surface area contributed by atoms with Gasteiger partial charge < -0.3 is 14.8 Å². The summed E-state index contributed by atoms with van der Waals surface area (Å²) in [6.07, 6.45) is 0. The number of carbonyl (C=O) groups is 1. The average molecular weight is 394 g/mol. The van der Waals surface area contributed by atoms with Crippen LogP contribution in [0.3, 0.4) is 0 Å². The van der Waals surface area contributed by atoms with Crippen LogP contribution in [0, 0.1) is 13.8 Å². The number of aromatic nitrogens is 1. The molecule has 1 aliphatic heterocycles. The summed E-state index contributed by atoms with van der Waals surface area (Å²) in [4.78, 5) is 17.3. The molecule has 5 nitrogen and oxygen atoms in total. The third-order valence-electron chi connectivity index (χ3n) is 4.80. The number of rotatable bonds is 5. The maximum atomic E-state index is 12.6. The van der Waals surface area contributed by atoms with E-state index in [-0.39, 0.29) is 18.0 Å².